The molecule has 23 heavy (non-hydrogen) atoms. The summed E-state index contributed by atoms with van der Waals surface area (Å²) in [6.07, 6.45) is 0. The van der Waals surface area contributed by atoms with Crippen LogP contribution in [0.15, 0.2) is 24.3 Å². The van der Waals surface area contributed by atoms with Gasteiger partial charge in [-0.3, -0.25) is 4.79 Å². The van der Waals surface area contributed by atoms with Gasteiger partial charge in [0.25, 0.3) is 5.91 Å². The van der Waals surface area contributed by atoms with Gasteiger partial charge in [-0.05, 0) is 25.1 Å². The van der Waals surface area contributed by atoms with Crippen molar-refractivity contribution in [2.24, 2.45) is 0 Å². The smallest absolute Gasteiger partial charge is 0.274 e. The van der Waals surface area contributed by atoms with Crippen LogP contribution in [0.25, 0.3) is 0 Å². The summed E-state index contributed by atoms with van der Waals surface area (Å²) in [4.78, 5) is 20.8. The molecule has 0 saturated heterocycles. The number of ether oxygens (including phenoxy) is 1. The highest BCUT2D eigenvalue weighted by atomic mass is 35.5. The molecule has 8 heteroatoms. The van der Waals surface area contributed by atoms with Gasteiger partial charge in [-0.1, -0.05) is 29.3 Å². The van der Waals surface area contributed by atoms with Crippen LogP contribution in [0.4, 0.5) is 11.6 Å². The second-order valence-corrected chi connectivity index (χ2v) is 5.50. The number of amides is 1. The number of aryl methyl sites for hydroxylation is 1. The Hall–Kier alpha value is -1.89. The molecular formula is C15H16Cl2N4O2. The lowest BCUT2D eigenvalue weighted by atomic mass is 10.3. The van der Waals surface area contributed by atoms with Crippen molar-refractivity contribution in [3.63, 3.8) is 0 Å². The second-order valence-electron chi connectivity index (χ2n) is 4.69. The minimum atomic E-state index is -0.416. The standard InChI is InChI=1S/C15H16Cl2N4O2/c1-9-8-12(20-15(19-9)18-6-7-23-2)14(22)21-13-10(16)4-3-5-11(13)17/h3-5,8H,6-7H2,1-2H3,(H,21,22)(H,18,19,20). The van der Waals surface area contributed by atoms with Gasteiger partial charge in [-0.25, -0.2) is 9.97 Å². The fraction of sp³-hybridized carbons (Fsp3) is 0.267. The van der Waals surface area contributed by atoms with Gasteiger partial charge < -0.3 is 15.4 Å². The summed E-state index contributed by atoms with van der Waals surface area (Å²) in [7, 11) is 1.60. The first-order valence-electron chi connectivity index (χ1n) is 6.85. The van der Waals surface area contributed by atoms with Gasteiger partial charge in [-0.15, -0.1) is 0 Å². The van der Waals surface area contributed by atoms with Crippen LogP contribution in [-0.4, -0.2) is 36.1 Å². The molecule has 0 aliphatic heterocycles. The molecule has 0 unspecified atom stereocenters. The summed E-state index contributed by atoms with van der Waals surface area (Å²) in [6.45, 7) is 2.83. The van der Waals surface area contributed by atoms with Crippen LogP contribution in [0.1, 0.15) is 16.2 Å². The third-order valence-corrected chi connectivity index (χ3v) is 3.51. The molecule has 0 atom stereocenters. The Morgan fingerprint density at radius 2 is 1.96 bits per heavy atom. The number of methoxy groups -OCH3 is 1. The van der Waals surface area contributed by atoms with E-state index in [1.54, 1.807) is 38.3 Å². The normalized spacial score (nSPS) is 10.4. The van der Waals surface area contributed by atoms with E-state index in [1.807, 2.05) is 0 Å². The quantitative estimate of drug-likeness (QED) is 0.777. The molecule has 2 N–H and O–H groups in total. The van der Waals surface area contributed by atoms with Crippen molar-refractivity contribution < 1.29 is 9.53 Å². The zero-order chi connectivity index (χ0) is 16.8. The monoisotopic (exact) mass is 354 g/mol. The number of para-hydroxylation sites is 1. The zero-order valence-electron chi connectivity index (χ0n) is 12.7. The first kappa shape index (κ1) is 17.5. The van der Waals surface area contributed by atoms with Gasteiger partial charge in [-0.2, -0.15) is 0 Å². The predicted molar refractivity (Wildman–Crippen MR) is 91.5 cm³/mol. The molecule has 0 bridgehead atoms. The largest absolute Gasteiger partial charge is 0.383 e. The molecule has 1 aromatic heterocycles. The Balaban J connectivity index is 2.18. The summed E-state index contributed by atoms with van der Waals surface area (Å²) in [5.74, 6) is -0.0576. The lowest BCUT2D eigenvalue weighted by molar-refractivity contribution is 0.102. The fourth-order valence-corrected chi connectivity index (χ4v) is 2.32. The highest BCUT2D eigenvalue weighted by Gasteiger charge is 2.14. The molecule has 122 valence electrons. The number of hydrogen-bond acceptors (Lipinski definition) is 5. The maximum Gasteiger partial charge on any atom is 0.274 e. The Kier molecular flexibility index (Phi) is 6.15. The van der Waals surface area contributed by atoms with Crippen LogP contribution in [0.5, 0.6) is 0 Å². The molecule has 1 amide bonds. The summed E-state index contributed by atoms with van der Waals surface area (Å²) >= 11 is 12.1. The molecule has 0 fully saturated rings. The molecule has 2 rings (SSSR count). The number of carbonyl (C=O) groups is 1. The first-order valence-corrected chi connectivity index (χ1v) is 7.60. The molecule has 0 spiro atoms. The molecule has 2 aromatic rings. The van der Waals surface area contributed by atoms with Crippen molar-refractivity contribution >= 4 is 40.7 Å². The summed E-state index contributed by atoms with van der Waals surface area (Å²) in [5, 5.41) is 6.37. The van der Waals surface area contributed by atoms with E-state index < -0.39 is 5.91 Å². The van der Waals surface area contributed by atoms with Crippen molar-refractivity contribution in [2.45, 2.75) is 6.92 Å². The van der Waals surface area contributed by atoms with Crippen LogP contribution in [0, 0.1) is 6.92 Å². The van der Waals surface area contributed by atoms with Gasteiger partial charge in [0.1, 0.15) is 5.69 Å². The minimum absolute atomic E-state index is 0.216. The number of halogens is 2. The Morgan fingerprint density at radius 3 is 2.61 bits per heavy atom. The Bertz CT molecular complexity index is 690. The number of benzene rings is 1. The van der Waals surface area contributed by atoms with E-state index in [1.165, 1.54) is 0 Å². The van der Waals surface area contributed by atoms with Crippen molar-refractivity contribution in [3.05, 3.63) is 45.7 Å². The zero-order valence-corrected chi connectivity index (χ0v) is 14.2. The van der Waals surface area contributed by atoms with E-state index >= 15 is 0 Å². The molecule has 0 aliphatic rings. The molecule has 1 heterocycles. The average molecular weight is 355 g/mol. The predicted octanol–water partition coefficient (Wildman–Crippen LogP) is 3.40. The number of nitrogens with zero attached hydrogens (tertiary/aromatic N) is 2. The SMILES string of the molecule is COCCNc1nc(C)cc(C(=O)Nc2c(Cl)cccc2Cl)n1. The third kappa shape index (κ3) is 4.79. The molecule has 0 radical (unpaired) electrons. The van der Waals surface area contributed by atoms with E-state index in [2.05, 4.69) is 20.6 Å². The molecular weight excluding hydrogens is 339 g/mol. The van der Waals surface area contributed by atoms with Crippen molar-refractivity contribution in [2.75, 3.05) is 30.9 Å². The van der Waals surface area contributed by atoms with Gasteiger partial charge in [0.15, 0.2) is 0 Å². The highest BCUT2D eigenvalue weighted by Crippen LogP contribution is 2.30. The second kappa shape index (κ2) is 8.10. The number of carbonyl (C=O) groups excluding carboxylic acids is 1. The van der Waals surface area contributed by atoms with Gasteiger partial charge in [0.2, 0.25) is 5.95 Å². The lowest BCUT2D eigenvalue weighted by Gasteiger charge is -2.10. The third-order valence-electron chi connectivity index (χ3n) is 2.88. The van der Waals surface area contributed by atoms with E-state index in [9.17, 15) is 4.79 Å². The Morgan fingerprint density at radius 1 is 1.26 bits per heavy atom. The Labute approximate surface area is 144 Å². The summed E-state index contributed by atoms with van der Waals surface area (Å²) < 4.78 is 4.95. The van der Waals surface area contributed by atoms with E-state index in [4.69, 9.17) is 27.9 Å². The molecule has 6 nitrogen and oxygen atoms in total. The lowest BCUT2D eigenvalue weighted by Crippen LogP contribution is -2.17. The molecule has 0 aliphatic carbocycles. The van der Waals surface area contributed by atoms with Crippen LogP contribution in [0.2, 0.25) is 10.0 Å². The van der Waals surface area contributed by atoms with Gasteiger partial charge in [0, 0.05) is 19.3 Å². The van der Waals surface area contributed by atoms with E-state index in [0.29, 0.717) is 40.5 Å². The summed E-state index contributed by atoms with van der Waals surface area (Å²) in [5.41, 5.74) is 1.23. The topological polar surface area (TPSA) is 76.1 Å². The van der Waals surface area contributed by atoms with Gasteiger partial charge >= 0.3 is 0 Å². The first-order chi connectivity index (χ1) is 11.0. The summed E-state index contributed by atoms with van der Waals surface area (Å²) in [6, 6.07) is 6.58. The van der Waals surface area contributed by atoms with Crippen LogP contribution in [-0.2, 0) is 4.74 Å². The van der Waals surface area contributed by atoms with Crippen molar-refractivity contribution in [1.82, 2.24) is 9.97 Å². The van der Waals surface area contributed by atoms with Gasteiger partial charge in [0.05, 0.1) is 22.3 Å². The number of anilines is 2. The van der Waals surface area contributed by atoms with E-state index in [0.717, 1.165) is 0 Å². The average Bonchev–Trinajstić information content (AvgIpc) is 2.50. The van der Waals surface area contributed by atoms with Crippen LogP contribution in [0.3, 0.4) is 0 Å². The maximum absolute atomic E-state index is 12.4. The number of hydrogen-bond donors (Lipinski definition) is 2. The molecule has 1 aromatic carbocycles. The van der Waals surface area contributed by atoms with Crippen LogP contribution < -0.4 is 10.6 Å². The van der Waals surface area contributed by atoms with Crippen molar-refractivity contribution in [3.8, 4) is 0 Å². The number of aromatic nitrogens is 2. The van der Waals surface area contributed by atoms with Crippen LogP contribution >= 0.6 is 23.2 Å². The van der Waals surface area contributed by atoms with E-state index in [-0.39, 0.29) is 5.69 Å². The fourth-order valence-electron chi connectivity index (χ4n) is 1.82. The number of nitrogens with one attached hydrogen (secondary N) is 2. The minimum Gasteiger partial charge on any atom is -0.383 e. The number of rotatable bonds is 6. The highest BCUT2D eigenvalue weighted by molar-refractivity contribution is 6.40. The van der Waals surface area contributed by atoms with Crippen molar-refractivity contribution in [1.29, 1.82) is 0 Å². The molecule has 0 saturated carbocycles. The maximum atomic E-state index is 12.4.